The normalized spacial score (nSPS) is 10.7. The molecule has 1 heterocycles. The second-order valence-corrected chi connectivity index (χ2v) is 6.74. The van der Waals surface area contributed by atoms with Crippen LogP contribution in [0.4, 0.5) is 5.82 Å². The smallest absolute Gasteiger partial charge is 0.137 e. The highest BCUT2D eigenvalue weighted by molar-refractivity contribution is 5.89. The third kappa shape index (κ3) is 4.46. The lowest BCUT2D eigenvalue weighted by atomic mass is 10.1. The lowest BCUT2D eigenvalue weighted by Gasteiger charge is -2.13. The van der Waals surface area contributed by atoms with Gasteiger partial charge < -0.3 is 14.8 Å². The van der Waals surface area contributed by atoms with Crippen LogP contribution in [0.2, 0.25) is 0 Å². The molecule has 0 radical (unpaired) electrons. The standard InChI is InChI=1S/C24H23N3O2/c1-28-19-12-18(13-20(15-19)29-2)16-25-24-21-10-6-7-11-22(21)26-23(27-24)14-17-8-4-3-5-9-17/h3-13,15H,14,16H2,1-2H3,(H,25,26,27). The maximum atomic E-state index is 5.37. The van der Waals surface area contributed by atoms with Gasteiger partial charge in [-0.3, -0.25) is 0 Å². The fourth-order valence-electron chi connectivity index (χ4n) is 3.27. The van der Waals surface area contributed by atoms with Crippen LogP contribution in [0.3, 0.4) is 0 Å². The van der Waals surface area contributed by atoms with Crippen LogP contribution in [0, 0.1) is 0 Å². The summed E-state index contributed by atoms with van der Waals surface area (Å²) in [5.74, 6) is 3.14. The van der Waals surface area contributed by atoms with Gasteiger partial charge in [0.15, 0.2) is 0 Å². The number of hydrogen-bond donors (Lipinski definition) is 1. The Labute approximate surface area is 170 Å². The van der Waals surface area contributed by atoms with Crippen LogP contribution in [0.25, 0.3) is 10.9 Å². The topological polar surface area (TPSA) is 56.3 Å². The average molecular weight is 385 g/mol. The zero-order chi connectivity index (χ0) is 20.1. The van der Waals surface area contributed by atoms with Crippen LogP contribution in [0.5, 0.6) is 11.5 Å². The Bertz CT molecular complexity index is 1090. The molecular weight excluding hydrogens is 362 g/mol. The van der Waals surface area contributed by atoms with E-state index in [0.29, 0.717) is 13.0 Å². The van der Waals surface area contributed by atoms with Gasteiger partial charge in [-0.25, -0.2) is 9.97 Å². The molecule has 146 valence electrons. The van der Waals surface area contributed by atoms with Crippen molar-refractivity contribution in [3.63, 3.8) is 0 Å². The first kappa shape index (κ1) is 18.7. The number of rotatable bonds is 7. The minimum atomic E-state index is 0.597. The predicted molar refractivity (Wildman–Crippen MR) is 116 cm³/mol. The molecule has 0 bridgehead atoms. The highest BCUT2D eigenvalue weighted by Gasteiger charge is 2.09. The van der Waals surface area contributed by atoms with Crippen molar-refractivity contribution in [1.29, 1.82) is 0 Å². The highest BCUT2D eigenvalue weighted by atomic mass is 16.5. The highest BCUT2D eigenvalue weighted by Crippen LogP contribution is 2.25. The fourth-order valence-corrected chi connectivity index (χ4v) is 3.27. The molecule has 0 unspecified atom stereocenters. The van der Waals surface area contributed by atoms with Crippen molar-refractivity contribution in [3.8, 4) is 11.5 Å². The van der Waals surface area contributed by atoms with Gasteiger partial charge in [0.2, 0.25) is 0 Å². The summed E-state index contributed by atoms with van der Waals surface area (Å²) in [5.41, 5.74) is 3.17. The van der Waals surface area contributed by atoms with Crippen LogP contribution < -0.4 is 14.8 Å². The molecule has 4 aromatic rings. The molecule has 0 aliphatic rings. The molecule has 0 aliphatic heterocycles. The Balaban J connectivity index is 1.64. The Morgan fingerprint density at radius 1 is 0.759 bits per heavy atom. The largest absolute Gasteiger partial charge is 0.497 e. The van der Waals surface area contributed by atoms with Crippen molar-refractivity contribution in [2.75, 3.05) is 19.5 Å². The van der Waals surface area contributed by atoms with E-state index in [0.717, 1.165) is 39.6 Å². The number of anilines is 1. The fraction of sp³-hybridized carbons (Fsp3) is 0.167. The van der Waals surface area contributed by atoms with Crippen molar-refractivity contribution in [2.45, 2.75) is 13.0 Å². The number of hydrogen-bond acceptors (Lipinski definition) is 5. The number of benzene rings is 3. The summed E-state index contributed by atoms with van der Waals surface area (Å²) in [6.07, 6.45) is 0.688. The first-order chi connectivity index (χ1) is 14.2. The molecule has 0 aliphatic carbocycles. The van der Waals surface area contributed by atoms with Gasteiger partial charge in [-0.1, -0.05) is 42.5 Å². The van der Waals surface area contributed by atoms with Gasteiger partial charge in [0.05, 0.1) is 19.7 Å². The van der Waals surface area contributed by atoms with Crippen molar-refractivity contribution in [3.05, 3.63) is 89.7 Å². The van der Waals surface area contributed by atoms with Gasteiger partial charge in [0.1, 0.15) is 23.1 Å². The molecule has 0 spiro atoms. The molecule has 0 fully saturated rings. The minimum absolute atomic E-state index is 0.597. The maximum absolute atomic E-state index is 5.37. The van der Waals surface area contributed by atoms with E-state index >= 15 is 0 Å². The Hall–Kier alpha value is -3.60. The van der Waals surface area contributed by atoms with Crippen LogP contribution in [-0.4, -0.2) is 24.2 Å². The summed E-state index contributed by atoms with van der Waals surface area (Å²) >= 11 is 0. The lowest BCUT2D eigenvalue weighted by Crippen LogP contribution is -2.06. The van der Waals surface area contributed by atoms with E-state index in [-0.39, 0.29) is 0 Å². The molecule has 0 amide bonds. The van der Waals surface area contributed by atoms with Crippen molar-refractivity contribution >= 4 is 16.7 Å². The molecule has 5 heteroatoms. The third-order valence-corrected chi connectivity index (χ3v) is 4.73. The molecule has 1 aromatic heterocycles. The zero-order valence-electron chi connectivity index (χ0n) is 16.6. The van der Waals surface area contributed by atoms with E-state index in [4.69, 9.17) is 19.4 Å². The lowest BCUT2D eigenvalue weighted by molar-refractivity contribution is 0.393. The van der Waals surface area contributed by atoms with E-state index in [1.165, 1.54) is 5.56 Å². The molecule has 5 nitrogen and oxygen atoms in total. The molecule has 0 saturated carbocycles. The Morgan fingerprint density at radius 2 is 1.45 bits per heavy atom. The second kappa shape index (κ2) is 8.61. The summed E-state index contributed by atoms with van der Waals surface area (Å²) in [6, 6.07) is 24.2. The number of nitrogens with one attached hydrogen (secondary N) is 1. The quantitative estimate of drug-likeness (QED) is 0.493. The van der Waals surface area contributed by atoms with E-state index < -0.39 is 0 Å². The average Bonchev–Trinajstić information content (AvgIpc) is 2.77. The molecular formula is C24H23N3O2. The van der Waals surface area contributed by atoms with E-state index in [1.54, 1.807) is 14.2 Å². The maximum Gasteiger partial charge on any atom is 0.137 e. The van der Waals surface area contributed by atoms with Crippen molar-refractivity contribution in [2.24, 2.45) is 0 Å². The number of aromatic nitrogens is 2. The summed E-state index contributed by atoms with van der Waals surface area (Å²) in [7, 11) is 3.31. The molecule has 3 aromatic carbocycles. The summed E-state index contributed by atoms with van der Waals surface area (Å²) in [4.78, 5) is 9.56. The SMILES string of the molecule is COc1cc(CNc2nc(Cc3ccccc3)nc3ccccc23)cc(OC)c1. The van der Waals surface area contributed by atoms with Crippen LogP contribution >= 0.6 is 0 Å². The zero-order valence-corrected chi connectivity index (χ0v) is 16.6. The third-order valence-electron chi connectivity index (χ3n) is 4.73. The summed E-state index contributed by atoms with van der Waals surface area (Å²) in [6.45, 7) is 0.597. The van der Waals surface area contributed by atoms with Crippen molar-refractivity contribution in [1.82, 2.24) is 9.97 Å². The van der Waals surface area contributed by atoms with E-state index in [1.807, 2.05) is 60.7 Å². The number of ether oxygens (including phenoxy) is 2. The molecule has 29 heavy (non-hydrogen) atoms. The van der Waals surface area contributed by atoms with E-state index in [9.17, 15) is 0 Å². The summed E-state index contributed by atoms with van der Waals surface area (Å²) in [5, 5.41) is 4.47. The number of para-hydroxylation sites is 1. The van der Waals surface area contributed by atoms with Gasteiger partial charge in [-0.15, -0.1) is 0 Å². The van der Waals surface area contributed by atoms with Crippen LogP contribution in [-0.2, 0) is 13.0 Å². The predicted octanol–water partition coefficient (Wildman–Crippen LogP) is 4.85. The van der Waals surface area contributed by atoms with Gasteiger partial charge in [-0.05, 0) is 35.4 Å². The van der Waals surface area contributed by atoms with Gasteiger partial charge >= 0.3 is 0 Å². The first-order valence-electron chi connectivity index (χ1n) is 9.50. The summed E-state index contributed by atoms with van der Waals surface area (Å²) < 4.78 is 10.7. The number of nitrogens with zero attached hydrogens (tertiary/aromatic N) is 2. The molecule has 4 rings (SSSR count). The first-order valence-corrected chi connectivity index (χ1v) is 9.50. The Kier molecular flexibility index (Phi) is 5.56. The molecule has 0 saturated heterocycles. The van der Waals surface area contributed by atoms with Crippen LogP contribution in [0.1, 0.15) is 17.0 Å². The second-order valence-electron chi connectivity index (χ2n) is 6.74. The van der Waals surface area contributed by atoms with Crippen LogP contribution in [0.15, 0.2) is 72.8 Å². The Morgan fingerprint density at radius 3 is 2.17 bits per heavy atom. The molecule has 1 N–H and O–H groups in total. The number of fused-ring (bicyclic) bond motifs is 1. The monoisotopic (exact) mass is 385 g/mol. The van der Waals surface area contributed by atoms with E-state index in [2.05, 4.69) is 17.4 Å². The number of methoxy groups -OCH3 is 2. The van der Waals surface area contributed by atoms with Crippen molar-refractivity contribution < 1.29 is 9.47 Å². The van der Waals surface area contributed by atoms with Gasteiger partial charge in [0, 0.05) is 24.4 Å². The minimum Gasteiger partial charge on any atom is -0.497 e. The van der Waals surface area contributed by atoms with Gasteiger partial charge in [0.25, 0.3) is 0 Å². The molecule has 0 atom stereocenters. The van der Waals surface area contributed by atoms with Gasteiger partial charge in [-0.2, -0.15) is 0 Å².